The van der Waals surface area contributed by atoms with Crippen LogP contribution in [0.2, 0.25) is 0 Å². The van der Waals surface area contributed by atoms with E-state index in [1.165, 1.54) is 15.6 Å². The molecule has 0 saturated carbocycles. The molecular weight excluding hydrogens is 268 g/mol. The summed E-state index contributed by atoms with van der Waals surface area (Å²) in [5.41, 5.74) is 7.18. The van der Waals surface area contributed by atoms with Crippen LogP contribution >= 0.6 is 11.3 Å². The van der Waals surface area contributed by atoms with Gasteiger partial charge in [0.2, 0.25) is 0 Å². The van der Waals surface area contributed by atoms with Crippen LogP contribution in [-0.2, 0) is 16.6 Å². The SMILES string of the molecule is CN(Cc1cccc(N)c1)S(=O)(=O)c1cccs1. The van der Waals surface area contributed by atoms with Gasteiger partial charge in [0.25, 0.3) is 10.0 Å². The van der Waals surface area contributed by atoms with E-state index in [1.807, 2.05) is 12.1 Å². The lowest BCUT2D eigenvalue weighted by Crippen LogP contribution is -2.25. The van der Waals surface area contributed by atoms with E-state index in [-0.39, 0.29) is 0 Å². The third-order valence-corrected chi connectivity index (χ3v) is 5.69. The molecule has 2 aromatic rings. The van der Waals surface area contributed by atoms with Crippen LogP contribution < -0.4 is 5.73 Å². The molecule has 0 aliphatic heterocycles. The first-order chi connectivity index (χ1) is 8.50. The van der Waals surface area contributed by atoms with Crippen LogP contribution in [0.4, 0.5) is 5.69 Å². The Kier molecular flexibility index (Phi) is 3.70. The van der Waals surface area contributed by atoms with Crippen molar-refractivity contribution < 1.29 is 8.42 Å². The average molecular weight is 282 g/mol. The molecule has 1 aromatic heterocycles. The maximum absolute atomic E-state index is 12.2. The minimum absolute atomic E-state index is 0.311. The van der Waals surface area contributed by atoms with E-state index in [2.05, 4.69) is 0 Å². The average Bonchev–Trinajstić information content (AvgIpc) is 2.82. The Labute approximate surface area is 111 Å². The Hall–Kier alpha value is -1.37. The van der Waals surface area contributed by atoms with Crippen LogP contribution in [0, 0.1) is 0 Å². The van der Waals surface area contributed by atoms with Gasteiger partial charge >= 0.3 is 0 Å². The summed E-state index contributed by atoms with van der Waals surface area (Å²) < 4.78 is 26.1. The second-order valence-electron chi connectivity index (χ2n) is 3.94. The van der Waals surface area contributed by atoms with E-state index in [9.17, 15) is 8.42 Å². The number of nitrogens with zero attached hydrogens (tertiary/aromatic N) is 1. The first kappa shape index (κ1) is 13.1. The molecule has 1 heterocycles. The Morgan fingerprint density at radius 1 is 1.28 bits per heavy atom. The van der Waals surface area contributed by atoms with Crippen molar-refractivity contribution in [2.45, 2.75) is 10.8 Å². The van der Waals surface area contributed by atoms with Crippen molar-refractivity contribution in [1.29, 1.82) is 0 Å². The Morgan fingerprint density at radius 2 is 2.06 bits per heavy atom. The van der Waals surface area contributed by atoms with Gasteiger partial charge in [0, 0.05) is 19.3 Å². The molecule has 96 valence electrons. The maximum Gasteiger partial charge on any atom is 0.252 e. The summed E-state index contributed by atoms with van der Waals surface area (Å²) in [6.07, 6.45) is 0. The van der Waals surface area contributed by atoms with Crippen molar-refractivity contribution in [3.63, 3.8) is 0 Å². The summed E-state index contributed by atoms with van der Waals surface area (Å²) in [7, 11) is -1.83. The van der Waals surface area contributed by atoms with Crippen molar-refractivity contribution in [2.24, 2.45) is 0 Å². The molecule has 0 atom stereocenters. The third-order valence-electron chi connectivity index (χ3n) is 2.52. The quantitative estimate of drug-likeness (QED) is 0.874. The van der Waals surface area contributed by atoms with Crippen LogP contribution in [0.3, 0.4) is 0 Å². The molecule has 2 rings (SSSR count). The number of nitrogen functional groups attached to an aromatic ring is 1. The lowest BCUT2D eigenvalue weighted by molar-refractivity contribution is 0.468. The first-order valence-electron chi connectivity index (χ1n) is 5.34. The molecule has 0 amide bonds. The minimum Gasteiger partial charge on any atom is -0.399 e. The van der Waals surface area contributed by atoms with Gasteiger partial charge in [0.15, 0.2) is 0 Å². The molecule has 0 bridgehead atoms. The zero-order valence-electron chi connectivity index (χ0n) is 9.91. The second-order valence-corrected chi connectivity index (χ2v) is 7.16. The second kappa shape index (κ2) is 5.09. The van der Waals surface area contributed by atoms with Gasteiger partial charge in [0.05, 0.1) is 0 Å². The molecule has 6 heteroatoms. The van der Waals surface area contributed by atoms with Crippen molar-refractivity contribution >= 4 is 27.0 Å². The van der Waals surface area contributed by atoms with E-state index >= 15 is 0 Å². The van der Waals surface area contributed by atoms with Gasteiger partial charge in [-0.1, -0.05) is 18.2 Å². The van der Waals surface area contributed by atoms with E-state index in [4.69, 9.17) is 5.73 Å². The number of nitrogens with two attached hydrogens (primary N) is 1. The number of rotatable bonds is 4. The monoisotopic (exact) mass is 282 g/mol. The number of benzene rings is 1. The maximum atomic E-state index is 12.2. The third kappa shape index (κ3) is 2.72. The van der Waals surface area contributed by atoms with Gasteiger partial charge in [-0.05, 0) is 29.1 Å². The fourth-order valence-electron chi connectivity index (χ4n) is 1.60. The van der Waals surface area contributed by atoms with E-state index in [1.54, 1.807) is 36.7 Å². The fraction of sp³-hybridized carbons (Fsp3) is 0.167. The normalized spacial score (nSPS) is 11.9. The lowest BCUT2D eigenvalue weighted by atomic mass is 10.2. The highest BCUT2D eigenvalue weighted by atomic mass is 32.2. The number of hydrogen-bond acceptors (Lipinski definition) is 4. The molecular formula is C12H14N2O2S2. The standard InChI is InChI=1S/C12H14N2O2S2/c1-14(9-10-4-2-5-11(13)8-10)18(15,16)12-6-3-7-17-12/h2-8H,9,13H2,1H3. The van der Waals surface area contributed by atoms with Gasteiger partial charge in [-0.2, -0.15) is 4.31 Å². The number of sulfonamides is 1. The molecule has 0 fully saturated rings. The Bertz CT molecular complexity index is 621. The van der Waals surface area contributed by atoms with Crippen LogP contribution in [0.5, 0.6) is 0 Å². The molecule has 0 unspecified atom stereocenters. The first-order valence-corrected chi connectivity index (χ1v) is 7.66. The summed E-state index contributed by atoms with van der Waals surface area (Å²) in [5, 5.41) is 1.75. The topological polar surface area (TPSA) is 63.4 Å². The molecule has 0 radical (unpaired) electrons. The predicted molar refractivity (Wildman–Crippen MR) is 73.8 cm³/mol. The molecule has 18 heavy (non-hydrogen) atoms. The molecule has 0 aliphatic rings. The highest BCUT2D eigenvalue weighted by Crippen LogP contribution is 2.21. The minimum atomic E-state index is -3.40. The molecule has 2 N–H and O–H groups in total. The van der Waals surface area contributed by atoms with Crippen LogP contribution in [0.1, 0.15) is 5.56 Å². The van der Waals surface area contributed by atoms with Gasteiger partial charge in [-0.3, -0.25) is 0 Å². The fourth-order valence-corrected chi connectivity index (χ4v) is 3.96. The predicted octanol–water partition coefficient (Wildman–Crippen LogP) is 2.15. The summed E-state index contributed by atoms with van der Waals surface area (Å²) in [6, 6.07) is 10.6. The molecule has 0 saturated heterocycles. The van der Waals surface area contributed by atoms with Gasteiger partial charge < -0.3 is 5.73 Å². The van der Waals surface area contributed by atoms with Crippen molar-refractivity contribution in [3.8, 4) is 0 Å². The van der Waals surface area contributed by atoms with Gasteiger partial charge in [-0.15, -0.1) is 11.3 Å². The summed E-state index contributed by atoms with van der Waals surface area (Å²) in [6.45, 7) is 0.311. The highest BCUT2D eigenvalue weighted by molar-refractivity contribution is 7.91. The largest absolute Gasteiger partial charge is 0.399 e. The molecule has 0 spiro atoms. The van der Waals surface area contributed by atoms with E-state index < -0.39 is 10.0 Å². The zero-order valence-corrected chi connectivity index (χ0v) is 11.5. The van der Waals surface area contributed by atoms with E-state index in [0.717, 1.165) is 5.56 Å². The molecule has 1 aromatic carbocycles. The molecule has 4 nitrogen and oxygen atoms in total. The van der Waals surface area contributed by atoms with E-state index in [0.29, 0.717) is 16.4 Å². The van der Waals surface area contributed by atoms with Crippen LogP contribution in [0.25, 0.3) is 0 Å². The number of hydrogen-bond donors (Lipinski definition) is 1. The van der Waals surface area contributed by atoms with Gasteiger partial charge in [-0.25, -0.2) is 8.42 Å². The van der Waals surface area contributed by atoms with Crippen molar-refractivity contribution in [3.05, 3.63) is 47.3 Å². The smallest absolute Gasteiger partial charge is 0.252 e. The summed E-state index contributed by atoms with van der Waals surface area (Å²) >= 11 is 1.22. The number of thiophene rings is 1. The Balaban J connectivity index is 2.20. The zero-order chi connectivity index (χ0) is 13.2. The van der Waals surface area contributed by atoms with Crippen LogP contribution in [-0.4, -0.2) is 19.8 Å². The summed E-state index contributed by atoms with van der Waals surface area (Å²) in [5.74, 6) is 0. The van der Waals surface area contributed by atoms with Crippen molar-refractivity contribution in [1.82, 2.24) is 4.31 Å². The Morgan fingerprint density at radius 3 is 2.67 bits per heavy atom. The lowest BCUT2D eigenvalue weighted by Gasteiger charge is -2.16. The van der Waals surface area contributed by atoms with Crippen LogP contribution in [0.15, 0.2) is 46.0 Å². The summed E-state index contributed by atoms with van der Waals surface area (Å²) in [4.78, 5) is 0. The van der Waals surface area contributed by atoms with Gasteiger partial charge in [0.1, 0.15) is 4.21 Å². The number of anilines is 1. The molecule has 0 aliphatic carbocycles. The highest BCUT2D eigenvalue weighted by Gasteiger charge is 2.21. The van der Waals surface area contributed by atoms with Crippen molar-refractivity contribution in [2.75, 3.05) is 12.8 Å².